The second kappa shape index (κ2) is 5.78. The largest absolute Gasteiger partial charge is 0.0617 e. The predicted molar refractivity (Wildman–Crippen MR) is 93.8 cm³/mol. The van der Waals surface area contributed by atoms with Gasteiger partial charge >= 0.3 is 0 Å². The summed E-state index contributed by atoms with van der Waals surface area (Å²) in [5.74, 6) is 0. The van der Waals surface area contributed by atoms with E-state index in [-0.39, 0.29) is 0 Å². The van der Waals surface area contributed by atoms with E-state index in [2.05, 4.69) is 65.8 Å². The van der Waals surface area contributed by atoms with E-state index in [1.54, 1.807) is 5.56 Å². The van der Waals surface area contributed by atoms with Gasteiger partial charge in [-0.2, -0.15) is 0 Å². The van der Waals surface area contributed by atoms with E-state index in [0.29, 0.717) is 16.2 Å². The third kappa shape index (κ3) is 3.71. The maximum Gasteiger partial charge on any atom is 0.000158 e. The minimum Gasteiger partial charge on any atom is -0.0617 e. The zero-order valence-electron chi connectivity index (χ0n) is 15.1. The monoisotopic (exact) mass is 286 g/mol. The summed E-state index contributed by atoms with van der Waals surface area (Å²) in [4.78, 5) is 0. The summed E-state index contributed by atoms with van der Waals surface area (Å²) in [6, 6.07) is 9.51. The first kappa shape index (κ1) is 16.6. The van der Waals surface area contributed by atoms with Gasteiger partial charge in [0.2, 0.25) is 0 Å². The lowest BCUT2D eigenvalue weighted by atomic mass is 9.56. The van der Waals surface area contributed by atoms with Crippen molar-refractivity contribution in [3.63, 3.8) is 0 Å². The molecule has 0 aromatic heterocycles. The van der Waals surface area contributed by atoms with Crippen LogP contribution >= 0.6 is 0 Å². The fraction of sp³-hybridized carbons (Fsp3) is 0.714. The molecule has 1 aromatic rings. The summed E-state index contributed by atoms with van der Waals surface area (Å²) in [6.07, 6.45) is 8.08. The molecule has 0 atom stereocenters. The van der Waals surface area contributed by atoms with Crippen molar-refractivity contribution in [3.05, 3.63) is 35.4 Å². The molecule has 0 heteroatoms. The van der Waals surface area contributed by atoms with Gasteiger partial charge in [-0.1, -0.05) is 85.1 Å². The van der Waals surface area contributed by atoms with Crippen LogP contribution in [0.1, 0.15) is 84.8 Å². The van der Waals surface area contributed by atoms with Crippen LogP contribution in [-0.2, 0) is 11.8 Å². The maximum absolute atomic E-state index is 2.52. The molecule has 118 valence electrons. The Kier molecular flexibility index (Phi) is 4.57. The molecular weight excluding hydrogens is 252 g/mol. The zero-order valence-corrected chi connectivity index (χ0v) is 15.1. The van der Waals surface area contributed by atoms with E-state index < -0.39 is 0 Å². The van der Waals surface area contributed by atoms with Crippen LogP contribution < -0.4 is 0 Å². The molecule has 1 aliphatic carbocycles. The standard InChI is InChI=1S/C21H34/c1-19(2,3)16-17-11-10-12-18(15-17)21(20(4,5)6)13-8-7-9-14-21/h10-12,15H,7-9,13-14,16H2,1-6H3. The molecule has 1 aliphatic rings. The molecule has 0 saturated heterocycles. The summed E-state index contributed by atoms with van der Waals surface area (Å²) in [5, 5.41) is 0. The average Bonchev–Trinajstić information content (AvgIpc) is 2.36. The molecule has 0 heterocycles. The topological polar surface area (TPSA) is 0 Å². The molecule has 0 amide bonds. The maximum atomic E-state index is 2.52. The number of rotatable bonds is 2. The molecule has 2 rings (SSSR count). The Hall–Kier alpha value is -0.780. The predicted octanol–water partition coefficient (Wildman–Crippen LogP) is 6.52. The second-order valence-electron chi connectivity index (χ2n) is 9.33. The second-order valence-corrected chi connectivity index (χ2v) is 9.33. The summed E-state index contributed by atoms with van der Waals surface area (Å²) < 4.78 is 0. The molecular formula is C21H34. The highest BCUT2D eigenvalue weighted by Gasteiger charge is 2.43. The SMILES string of the molecule is CC(C)(C)Cc1cccc(C2(C(C)(C)C)CCCCC2)c1. The lowest BCUT2D eigenvalue weighted by Crippen LogP contribution is -2.41. The van der Waals surface area contributed by atoms with Gasteiger partial charge in [-0.3, -0.25) is 0 Å². The van der Waals surface area contributed by atoms with Crippen molar-refractivity contribution >= 4 is 0 Å². The molecule has 0 nitrogen and oxygen atoms in total. The van der Waals surface area contributed by atoms with Crippen molar-refractivity contribution in [2.45, 2.75) is 85.5 Å². The Labute approximate surface area is 132 Å². The number of benzene rings is 1. The number of hydrogen-bond acceptors (Lipinski definition) is 0. The van der Waals surface area contributed by atoms with Crippen molar-refractivity contribution in [1.82, 2.24) is 0 Å². The Morgan fingerprint density at radius 3 is 2.05 bits per heavy atom. The minimum atomic E-state index is 0.341. The van der Waals surface area contributed by atoms with Crippen LogP contribution in [0.5, 0.6) is 0 Å². The summed E-state index contributed by atoms with van der Waals surface area (Å²) in [6.45, 7) is 14.3. The van der Waals surface area contributed by atoms with Crippen molar-refractivity contribution in [3.8, 4) is 0 Å². The normalized spacial score (nSPS) is 19.5. The van der Waals surface area contributed by atoms with Crippen LogP contribution in [0.25, 0.3) is 0 Å². The first-order valence-corrected chi connectivity index (χ1v) is 8.74. The Morgan fingerprint density at radius 1 is 0.905 bits per heavy atom. The number of hydrogen-bond donors (Lipinski definition) is 0. The molecule has 1 fully saturated rings. The molecule has 0 N–H and O–H groups in total. The fourth-order valence-electron chi connectivity index (χ4n) is 4.22. The third-order valence-corrected chi connectivity index (χ3v) is 5.36. The third-order valence-electron chi connectivity index (χ3n) is 5.36. The highest BCUT2D eigenvalue weighted by Crippen LogP contribution is 2.51. The van der Waals surface area contributed by atoms with Crippen LogP contribution in [-0.4, -0.2) is 0 Å². The van der Waals surface area contributed by atoms with E-state index in [1.807, 2.05) is 0 Å². The van der Waals surface area contributed by atoms with Crippen molar-refractivity contribution in [2.24, 2.45) is 10.8 Å². The van der Waals surface area contributed by atoms with E-state index in [4.69, 9.17) is 0 Å². The first-order chi connectivity index (χ1) is 9.64. The molecule has 1 aromatic carbocycles. The van der Waals surface area contributed by atoms with Crippen LogP contribution in [0.2, 0.25) is 0 Å². The summed E-state index contributed by atoms with van der Waals surface area (Å²) in [5.41, 5.74) is 4.18. The summed E-state index contributed by atoms with van der Waals surface area (Å²) >= 11 is 0. The molecule has 21 heavy (non-hydrogen) atoms. The van der Waals surface area contributed by atoms with E-state index >= 15 is 0 Å². The van der Waals surface area contributed by atoms with Gasteiger partial charge in [-0.25, -0.2) is 0 Å². The highest BCUT2D eigenvalue weighted by molar-refractivity contribution is 5.33. The van der Waals surface area contributed by atoms with Crippen molar-refractivity contribution in [1.29, 1.82) is 0 Å². The first-order valence-electron chi connectivity index (χ1n) is 8.74. The van der Waals surface area contributed by atoms with Crippen molar-refractivity contribution in [2.75, 3.05) is 0 Å². The van der Waals surface area contributed by atoms with Gasteiger partial charge in [0.05, 0.1) is 0 Å². The van der Waals surface area contributed by atoms with Crippen LogP contribution in [0.4, 0.5) is 0 Å². The fourth-order valence-corrected chi connectivity index (χ4v) is 4.22. The van der Waals surface area contributed by atoms with Gasteiger partial charge in [-0.15, -0.1) is 0 Å². The van der Waals surface area contributed by atoms with Crippen LogP contribution in [0.15, 0.2) is 24.3 Å². The molecule has 0 spiro atoms. The quantitative estimate of drug-likeness (QED) is 0.580. The smallest absolute Gasteiger partial charge is 0.000158 e. The van der Waals surface area contributed by atoms with Crippen LogP contribution in [0, 0.1) is 10.8 Å². The summed E-state index contributed by atoms with van der Waals surface area (Å²) in [7, 11) is 0. The molecule has 1 saturated carbocycles. The van der Waals surface area contributed by atoms with Crippen LogP contribution in [0.3, 0.4) is 0 Å². The molecule has 0 unspecified atom stereocenters. The van der Waals surface area contributed by atoms with E-state index in [9.17, 15) is 0 Å². The van der Waals surface area contributed by atoms with Crippen molar-refractivity contribution < 1.29 is 0 Å². The lowest BCUT2D eigenvalue weighted by Gasteiger charge is -2.48. The molecule has 0 radical (unpaired) electrons. The van der Waals surface area contributed by atoms with Gasteiger partial charge in [0.15, 0.2) is 0 Å². The van der Waals surface area contributed by atoms with Gasteiger partial charge in [-0.05, 0) is 41.2 Å². The van der Waals surface area contributed by atoms with Gasteiger partial charge in [0, 0.05) is 5.41 Å². The lowest BCUT2D eigenvalue weighted by molar-refractivity contribution is 0.126. The zero-order chi connectivity index (χ0) is 15.7. The highest BCUT2D eigenvalue weighted by atomic mass is 14.5. The van der Waals surface area contributed by atoms with E-state index in [0.717, 1.165) is 0 Å². The Bertz CT molecular complexity index is 462. The van der Waals surface area contributed by atoms with Gasteiger partial charge in [0.1, 0.15) is 0 Å². The average molecular weight is 287 g/mol. The minimum absolute atomic E-state index is 0.341. The molecule has 0 aliphatic heterocycles. The van der Waals surface area contributed by atoms with Gasteiger partial charge in [0.25, 0.3) is 0 Å². The Morgan fingerprint density at radius 2 is 1.52 bits per heavy atom. The Balaban J connectivity index is 2.39. The molecule has 0 bridgehead atoms. The van der Waals surface area contributed by atoms with Gasteiger partial charge < -0.3 is 0 Å². The van der Waals surface area contributed by atoms with E-state index in [1.165, 1.54) is 44.1 Å².